The highest BCUT2D eigenvalue weighted by atomic mass is 16.5. The third-order valence-electron chi connectivity index (χ3n) is 6.56. The fourth-order valence-corrected chi connectivity index (χ4v) is 5.15. The summed E-state index contributed by atoms with van der Waals surface area (Å²) >= 11 is 0. The fourth-order valence-electron chi connectivity index (χ4n) is 5.15. The van der Waals surface area contributed by atoms with Crippen molar-refractivity contribution >= 4 is 34.0 Å². The summed E-state index contributed by atoms with van der Waals surface area (Å²) in [6, 6.07) is 13.9. The lowest BCUT2D eigenvalue weighted by Gasteiger charge is -2.38. The van der Waals surface area contributed by atoms with Gasteiger partial charge in [-0.2, -0.15) is 4.98 Å². The Morgan fingerprint density at radius 2 is 1.88 bits per heavy atom. The van der Waals surface area contributed by atoms with E-state index in [2.05, 4.69) is 4.98 Å². The number of Topliss-reactive ketones (excluding diaryl/α,β-unsaturated/α-hetero) is 1. The molecule has 2 aliphatic rings. The Kier molecular flexibility index (Phi) is 5.08. The number of carbonyl (C=O) groups is 2. The second-order valence-electron chi connectivity index (χ2n) is 9.61. The van der Waals surface area contributed by atoms with Crippen molar-refractivity contribution < 1.29 is 19.1 Å². The molecule has 3 aromatic rings. The average molecular weight is 458 g/mol. The molecule has 0 saturated heterocycles. The van der Waals surface area contributed by atoms with Crippen LogP contribution in [0.3, 0.4) is 0 Å². The van der Waals surface area contributed by atoms with Crippen LogP contribution in [0.25, 0.3) is 10.8 Å². The van der Waals surface area contributed by atoms with Gasteiger partial charge in [-0.15, -0.1) is 0 Å². The number of carbonyl (C=O) groups excluding carboxylic acids is 2. The molecule has 0 spiro atoms. The van der Waals surface area contributed by atoms with Gasteiger partial charge in [0.1, 0.15) is 17.1 Å². The van der Waals surface area contributed by atoms with E-state index in [1.54, 1.807) is 6.92 Å². The van der Waals surface area contributed by atoms with E-state index in [0.717, 1.165) is 16.3 Å². The van der Waals surface area contributed by atoms with E-state index in [1.165, 1.54) is 0 Å². The zero-order valence-electron chi connectivity index (χ0n) is 19.5. The molecule has 34 heavy (non-hydrogen) atoms. The Morgan fingerprint density at radius 1 is 1.15 bits per heavy atom. The van der Waals surface area contributed by atoms with Gasteiger partial charge in [-0.1, -0.05) is 56.3 Å². The molecule has 0 saturated carbocycles. The number of pyridine rings is 1. The molecule has 0 bridgehead atoms. The van der Waals surface area contributed by atoms with E-state index in [1.807, 2.05) is 56.3 Å². The summed E-state index contributed by atoms with van der Waals surface area (Å²) in [7, 11) is 0. The highest BCUT2D eigenvalue weighted by Gasteiger charge is 2.44. The van der Waals surface area contributed by atoms with Crippen molar-refractivity contribution in [3.63, 3.8) is 0 Å². The largest absolute Gasteiger partial charge is 0.462 e. The maximum atomic E-state index is 13.6. The summed E-state index contributed by atoms with van der Waals surface area (Å²) in [4.78, 5) is 30.7. The highest BCUT2D eigenvalue weighted by Crippen LogP contribution is 2.53. The summed E-state index contributed by atoms with van der Waals surface area (Å²) in [5.74, 6) is -0.442. The molecule has 5 rings (SSSR count). The number of ether oxygens (including phenoxy) is 2. The molecule has 0 radical (unpaired) electrons. The minimum atomic E-state index is -0.652. The molecule has 1 aliphatic carbocycles. The first kappa shape index (κ1) is 21.9. The monoisotopic (exact) mass is 457 g/mol. The number of esters is 1. The number of nitrogen functional groups attached to an aromatic ring is 2. The standard InChI is InChI=1S/C27H27N3O4/c1-4-33-26(32)22-23(28)21-19(16-11-7-9-14-8-5-6-10-15(14)16)20-17(31)12-27(2,3)13-18(20)34-25(21)30-24(22)29/h5-11,19H,4,12-13H2,1-3H3,(H4,28,29,30). The Labute approximate surface area is 197 Å². The summed E-state index contributed by atoms with van der Waals surface area (Å²) in [6.07, 6.45) is 0.967. The van der Waals surface area contributed by atoms with Crippen LogP contribution in [-0.4, -0.2) is 23.3 Å². The highest BCUT2D eigenvalue weighted by molar-refractivity contribution is 6.05. The molecular weight excluding hydrogens is 430 g/mol. The average Bonchev–Trinajstić information content (AvgIpc) is 2.76. The molecule has 1 aromatic heterocycles. The van der Waals surface area contributed by atoms with E-state index >= 15 is 0 Å². The number of allylic oxidation sites excluding steroid dienone is 2. The van der Waals surface area contributed by atoms with Crippen LogP contribution in [-0.2, 0) is 9.53 Å². The van der Waals surface area contributed by atoms with Crippen LogP contribution >= 0.6 is 0 Å². The van der Waals surface area contributed by atoms with Crippen LogP contribution in [0.15, 0.2) is 53.8 Å². The van der Waals surface area contributed by atoms with Crippen LogP contribution in [0.2, 0.25) is 0 Å². The van der Waals surface area contributed by atoms with E-state index < -0.39 is 11.9 Å². The summed E-state index contributed by atoms with van der Waals surface area (Å²) in [5, 5.41) is 2.02. The van der Waals surface area contributed by atoms with Gasteiger partial charge in [0.15, 0.2) is 5.78 Å². The van der Waals surface area contributed by atoms with Crippen molar-refractivity contribution in [2.75, 3.05) is 18.1 Å². The number of hydrogen-bond acceptors (Lipinski definition) is 7. The van der Waals surface area contributed by atoms with Crippen LogP contribution < -0.4 is 16.2 Å². The summed E-state index contributed by atoms with van der Waals surface area (Å²) < 4.78 is 11.4. The fraction of sp³-hybridized carbons (Fsp3) is 0.296. The van der Waals surface area contributed by atoms with Gasteiger partial charge in [-0.25, -0.2) is 4.79 Å². The van der Waals surface area contributed by atoms with Gasteiger partial charge in [0.2, 0.25) is 5.88 Å². The SMILES string of the molecule is CCOC(=O)c1c(N)nc2c(c1N)C(c1cccc3ccccc13)C1=C(CC(C)(C)CC1=O)O2. The maximum absolute atomic E-state index is 13.6. The quantitative estimate of drug-likeness (QED) is 0.545. The molecule has 7 nitrogen and oxygen atoms in total. The van der Waals surface area contributed by atoms with Gasteiger partial charge >= 0.3 is 5.97 Å². The molecule has 4 N–H and O–H groups in total. The molecular formula is C27H27N3O4. The zero-order chi connectivity index (χ0) is 24.2. The lowest BCUT2D eigenvalue weighted by atomic mass is 9.69. The predicted molar refractivity (Wildman–Crippen MR) is 130 cm³/mol. The van der Waals surface area contributed by atoms with Crippen molar-refractivity contribution in [1.82, 2.24) is 4.98 Å². The van der Waals surface area contributed by atoms with Crippen molar-refractivity contribution in [2.45, 2.75) is 39.5 Å². The van der Waals surface area contributed by atoms with Crippen molar-refractivity contribution in [3.8, 4) is 5.88 Å². The number of anilines is 2. The molecule has 7 heteroatoms. The lowest BCUT2D eigenvalue weighted by Crippen LogP contribution is -2.34. The third-order valence-corrected chi connectivity index (χ3v) is 6.56. The second-order valence-corrected chi connectivity index (χ2v) is 9.61. The summed E-state index contributed by atoms with van der Waals surface area (Å²) in [6.45, 7) is 5.96. The second kappa shape index (κ2) is 7.87. The van der Waals surface area contributed by atoms with Crippen LogP contribution in [0.5, 0.6) is 5.88 Å². The molecule has 0 amide bonds. The number of hydrogen-bond donors (Lipinski definition) is 2. The molecule has 1 aliphatic heterocycles. The minimum Gasteiger partial charge on any atom is -0.462 e. The Morgan fingerprint density at radius 3 is 2.65 bits per heavy atom. The molecule has 1 unspecified atom stereocenters. The van der Waals surface area contributed by atoms with Crippen molar-refractivity contribution in [2.24, 2.45) is 5.41 Å². The number of nitrogens with two attached hydrogens (primary N) is 2. The molecule has 0 fully saturated rings. The number of rotatable bonds is 3. The van der Waals surface area contributed by atoms with Gasteiger partial charge in [0, 0.05) is 24.3 Å². The third kappa shape index (κ3) is 3.39. The Bertz CT molecular complexity index is 1380. The number of nitrogens with zero attached hydrogens (tertiary/aromatic N) is 1. The van der Waals surface area contributed by atoms with E-state index in [-0.39, 0.29) is 40.8 Å². The van der Waals surface area contributed by atoms with E-state index in [9.17, 15) is 9.59 Å². The van der Waals surface area contributed by atoms with Crippen LogP contribution in [0, 0.1) is 5.41 Å². The van der Waals surface area contributed by atoms with E-state index in [0.29, 0.717) is 29.7 Å². The van der Waals surface area contributed by atoms with Gasteiger partial charge in [0.05, 0.1) is 17.9 Å². The summed E-state index contributed by atoms with van der Waals surface area (Å²) in [5.41, 5.74) is 14.6. The lowest BCUT2D eigenvalue weighted by molar-refractivity contribution is -0.118. The Balaban J connectivity index is 1.84. The number of fused-ring (bicyclic) bond motifs is 2. The van der Waals surface area contributed by atoms with E-state index in [4.69, 9.17) is 20.9 Å². The van der Waals surface area contributed by atoms with Crippen LogP contribution in [0.1, 0.15) is 61.0 Å². The molecule has 1 atom stereocenters. The topological polar surface area (TPSA) is 118 Å². The van der Waals surface area contributed by atoms with Crippen molar-refractivity contribution in [3.05, 3.63) is 70.5 Å². The Hall–Kier alpha value is -3.87. The van der Waals surface area contributed by atoms with Gasteiger partial charge in [0.25, 0.3) is 0 Å². The molecule has 2 aromatic carbocycles. The van der Waals surface area contributed by atoms with Crippen LogP contribution in [0.4, 0.5) is 11.5 Å². The van der Waals surface area contributed by atoms with Gasteiger partial charge < -0.3 is 20.9 Å². The molecule has 174 valence electrons. The number of aromatic nitrogens is 1. The number of ketones is 1. The van der Waals surface area contributed by atoms with Gasteiger partial charge in [-0.3, -0.25) is 4.79 Å². The first-order chi connectivity index (χ1) is 16.2. The molecule has 2 heterocycles. The van der Waals surface area contributed by atoms with Gasteiger partial charge in [-0.05, 0) is 28.7 Å². The zero-order valence-corrected chi connectivity index (χ0v) is 19.5. The smallest absolute Gasteiger partial charge is 0.344 e. The maximum Gasteiger partial charge on any atom is 0.344 e. The first-order valence-corrected chi connectivity index (χ1v) is 11.4. The normalized spacial score (nSPS) is 18.8. The number of benzene rings is 2. The minimum absolute atomic E-state index is 0.00192. The van der Waals surface area contributed by atoms with Crippen molar-refractivity contribution in [1.29, 1.82) is 0 Å². The predicted octanol–water partition coefficient (Wildman–Crippen LogP) is 4.74. The first-order valence-electron chi connectivity index (χ1n) is 11.4.